The summed E-state index contributed by atoms with van der Waals surface area (Å²) in [5, 5.41) is 0. The number of benzene rings is 1. The molecule has 0 bridgehead atoms. The molecule has 0 heterocycles. The van der Waals surface area contributed by atoms with Gasteiger partial charge in [-0.05, 0) is 54.0 Å². The van der Waals surface area contributed by atoms with Crippen molar-refractivity contribution in [2.24, 2.45) is 5.41 Å². The molecule has 0 unspecified atom stereocenters. The Morgan fingerprint density at radius 2 is 1.82 bits per heavy atom. The van der Waals surface area contributed by atoms with Crippen LogP contribution in [0, 0.1) is 19.3 Å². The molecule has 0 saturated heterocycles. The molecule has 0 amide bonds. The van der Waals surface area contributed by atoms with Gasteiger partial charge < -0.3 is 0 Å². The Morgan fingerprint density at radius 1 is 1.12 bits per heavy atom. The summed E-state index contributed by atoms with van der Waals surface area (Å²) in [6.07, 6.45) is 3.50. The van der Waals surface area contributed by atoms with Gasteiger partial charge in [-0.2, -0.15) is 0 Å². The Hall–Kier alpha value is -1.37. The molecule has 0 N–H and O–H groups in total. The quantitative estimate of drug-likeness (QED) is 0.708. The van der Waals surface area contributed by atoms with Crippen molar-refractivity contribution in [3.63, 3.8) is 0 Å². The van der Waals surface area contributed by atoms with Crippen LogP contribution in [0.4, 0.5) is 0 Å². The third-order valence-electron chi connectivity index (χ3n) is 3.61. The summed E-state index contributed by atoms with van der Waals surface area (Å²) in [5.41, 5.74) is 5.12. The SMILES string of the molecule is Cc1cccc(C2=CC(=O)CC(C)(C)C2)c1C. The molecule has 0 aromatic heterocycles. The van der Waals surface area contributed by atoms with E-state index < -0.39 is 0 Å². The molecule has 17 heavy (non-hydrogen) atoms. The van der Waals surface area contributed by atoms with Crippen molar-refractivity contribution in [2.75, 3.05) is 0 Å². The average molecular weight is 228 g/mol. The lowest BCUT2D eigenvalue weighted by Gasteiger charge is -2.29. The van der Waals surface area contributed by atoms with Gasteiger partial charge in [0.25, 0.3) is 0 Å². The lowest BCUT2D eigenvalue weighted by atomic mass is 9.74. The molecule has 0 radical (unpaired) electrons. The second-order valence-electron chi connectivity index (χ2n) is 5.90. The van der Waals surface area contributed by atoms with Crippen LogP contribution in [0.3, 0.4) is 0 Å². The molecule has 0 saturated carbocycles. The first-order valence-corrected chi connectivity index (χ1v) is 6.19. The molecule has 1 aliphatic rings. The molecule has 1 aromatic rings. The van der Waals surface area contributed by atoms with Crippen LogP contribution in [0.2, 0.25) is 0 Å². The highest BCUT2D eigenvalue weighted by molar-refractivity contribution is 5.99. The molecule has 2 rings (SSSR count). The molecule has 1 aromatic carbocycles. The molecule has 1 heteroatoms. The Morgan fingerprint density at radius 3 is 2.47 bits per heavy atom. The van der Waals surface area contributed by atoms with E-state index in [9.17, 15) is 4.79 Å². The van der Waals surface area contributed by atoms with Crippen LogP contribution in [0.5, 0.6) is 0 Å². The van der Waals surface area contributed by atoms with E-state index in [1.54, 1.807) is 0 Å². The van der Waals surface area contributed by atoms with Crippen LogP contribution in [-0.4, -0.2) is 5.78 Å². The van der Waals surface area contributed by atoms with Crippen LogP contribution in [0.25, 0.3) is 5.57 Å². The standard InChI is InChI=1S/C16H20O/c1-11-6-5-7-15(12(11)2)13-8-14(17)10-16(3,4)9-13/h5-8H,9-10H2,1-4H3. The summed E-state index contributed by atoms with van der Waals surface area (Å²) in [5.74, 6) is 0.261. The summed E-state index contributed by atoms with van der Waals surface area (Å²) in [6, 6.07) is 6.32. The Bertz CT molecular complexity index is 492. The maximum absolute atomic E-state index is 11.8. The van der Waals surface area contributed by atoms with Gasteiger partial charge >= 0.3 is 0 Å². The van der Waals surface area contributed by atoms with Crippen molar-refractivity contribution in [1.82, 2.24) is 0 Å². The van der Waals surface area contributed by atoms with E-state index in [4.69, 9.17) is 0 Å². The van der Waals surface area contributed by atoms with Crippen molar-refractivity contribution in [2.45, 2.75) is 40.5 Å². The Labute approximate surface area is 104 Å². The van der Waals surface area contributed by atoms with Gasteiger partial charge in [-0.1, -0.05) is 32.0 Å². The number of carbonyl (C=O) groups excluding carboxylic acids is 1. The molecule has 0 fully saturated rings. The van der Waals surface area contributed by atoms with Gasteiger partial charge in [-0.15, -0.1) is 0 Å². The monoisotopic (exact) mass is 228 g/mol. The van der Waals surface area contributed by atoms with E-state index in [1.165, 1.54) is 22.3 Å². The van der Waals surface area contributed by atoms with Crippen molar-refractivity contribution in [3.05, 3.63) is 41.0 Å². The van der Waals surface area contributed by atoms with Gasteiger partial charge in [-0.3, -0.25) is 4.79 Å². The topological polar surface area (TPSA) is 17.1 Å². The van der Waals surface area contributed by atoms with E-state index >= 15 is 0 Å². The highest BCUT2D eigenvalue weighted by atomic mass is 16.1. The first kappa shape index (κ1) is 12.1. The van der Waals surface area contributed by atoms with Crippen molar-refractivity contribution >= 4 is 11.4 Å². The lowest BCUT2D eigenvalue weighted by molar-refractivity contribution is -0.116. The normalized spacial score (nSPS) is 19.1. The number of rotatable bonds is 1. The third-order valence-corrected chi connectivity index (χ3v) is 3.61. The minimum absolute atomic E-state index is 0.0946. The van der Waals surface area contributed by atoms with Gasteiger partial charge in [0, 0.05) is 6.42 Å². The van der Waals surface area contributed by atoms with E-state index in [-0.39, 0.29) is 11.2 Å². The van der Waals surface area contributed by atoms with E-state index in [0.717, 1.165) is 6.42 Å². The maximum atomic E-state index is 11.8. The first-order chi connectivity index (χ1) is 7.89. The highest BCUT2D eigenvalue weighted by Gasteiger charge is 2.28. The van der Waals surface area contributed by atoms with Crippen molar-refractivity contribution in [1.29, 1.82) is 0 Å². The van der Waals surface area contributed by atoms with Crippen LogP contribution in [0.15, 0.2) is 24.3 Å². The van der Waals surface area contributed by atoms with Crippen molar-refractivity contribution < 1.29 is 4.79 Å². The Kier molecular flexibility index (Phi) is 2.94. The first-order valence-electron chi connectivity index (χ1n) is 6.19. The molecule has 1 nitrogen and oxygen atoms in total. The number of aryl methyl sites for hydroxylation is 1. The summed E-state index contributed by atoms with van der Waals surface area (Å²) in [4.78, 5) is 11.8. The van der Waals surface area contributed by atoms with E-state index in [0.29, 0.717) is 6.42 Å². The van der Waals surface area contributed by atoms with Gasteiger partial charge in [0.05, 0.1) is 0 Å². The fourth-order valence-electron chi connectivity index (χ4n) is 2.62. The fraction of sp³-hybridized carbons (Fsp3) is 0.438. The predicted octanol–water partition coefficient (Wildman–Crippen LogP) is 4.08. The zero-order valence-electron chi connectivity index (χ0n) is 11.1. The zero-order valence-corrected chi connectivity index (χ0v) is 11.1. The molecule has 0 aliphatic heterocycles. The van der Waals surface area contributed by atoms with Gasteiger partial charge in [0.1, 0.15) is 0 Å². The van der Waals surface area contributed by atoms with Crippen LogP contribution >= 0.6 is 0 Å². The molecular weight excluding hydrogens is 208 g/mol. The van der Waals surface area contributed by atoms with Crippen LogP contribution in [0.1, 0.15) is 43.4 Å². The zero-order chi connectivity index (χ0) is 12.6. The lowest BCUT2D eigenvalue weighted by Crippen LogP contribution is -2.21. The number of hydrogen-bond donors (Lipinski definition) is 0. The summed E-state index contributed by atoms with van der Waals surface area (Å²) < 4.78 is 0. The second-order valence-corrected chi connectivity index (χ2v) is 5.90. The van der Waals surface area contributed by atoms with Crippen LogP contribution < -0.4 is 0 Å². The molecule has 0 atom stereocenters. The van der Waals surface area contributed by atoms with E-state index in [2.05, 4.69) is 45.9 Å². The average Bonchev–Trinajstić information content (AvgIpc) is 2.19. The smallest absolute Gasteiger partial charge is 0.156 e. The number of hydrogen-bond acceptors (Lipinski definition) is 1. The highest BCUT2D eigenvalue weighted by Crippen LogP contribution is 2.39. The van der Waals surface area contributed by atoms with Crippen molar-refractivity contribution in [3.8, 4) is 0 Å². The van der Waals surface area contributed by atoms with Gasteiger partial charge in [-0.25, -0.2) is 0 Å². The molecule has 0 spiro atoms. The number of ketones is 1. The largest absolute Gasteiger partial charge is 0.295 e. The third kappa shape index (κ3) is 2.49. The number of carbonyl (C=O) groups is 1. The van der Waals surface area contributed by atoms with Gasteiger partial charge in [0.2, 0.25) is 0 Å². The molecular formula is C16H20O. The summed E-state index contributed by atoms with van der Waals surface area (Å²) >= 11 is 0. The summed E-state index contributed by atoms with van der Waals surface area (Å²) in [7, 11) is 0. The second kappa shape index (κ2) is 4.14. The minimum Gasteiger partial charge on any atom is -0.295 e. The predicted molar refractivity (Wildman–Crippen MR) is 71.9 cm³/mol. The number of allylic oxidation sites excluding steroid dienone is 2. The van der Waals surface area contributed by atoms with Crippen LogP contribution in [-0.2, 0) is 4.79 Å². The molecule has 1 aliphatic carbocycles. The maximum Gasteiger partial charge on any atom is 0.156 e. The summed E-state index contributed by atoms with van der Waals surface area (Å²) in [6.45, 7) is 8.60. The Balaban J connectivity index is 2.47. The fourth-order valence-corrected chi connectivity index (χ4v) is 2.62. The van der Waals surface area contributed by atoms with Gasteiger partial charge in [0.15, 0.2) is 5.78 Å². The minimum atomic E-state index is 0.0946. The molecule has 90 valence electrons. The van der Waals surface area contributed by atoms with E-state index in [1.807, 2.05) is 6.08 Å².